The summed E-state index contributed by atoms with van der Waals surface area (Å²) in [5.41, 5.74) is 2.80. The molecule has 2 aromatic rings. The average molecular weight is 323 g/mol. The monoisotopic (exact) mass is 322 g/mol. The van der Waals surface area contributed by atoms with Crippen LogP contribution in [0.4, 0.5) is 15.8 Å². The van der Waals surface area contributed by atoms with Gasteiger partial charge in [0.15, 0.2) is 5.11 Å². The molecule has 5 heteroatoms. The van der Waals surface area contributed by atoms with E-state index in [0.29, 0.717) is 16.7 Å². The lowest BCUT2D eigenvalue weighted by atomic mass is 10.0. The molecule has 0 saturated heterocycles. The Hall–Kier alpha value is -1.65. The van der Waals surface area contributed by atoms with Crippen LogP contribution < -0.4 is 10.6 Å². The zero-order valence-corrected chi connectivity index (χ0v) is 13.4. The molecule has 0 aliphatic rings. The lowest BCUT2D eigenvalue weighted by Crippen LogP contribution is -2.19. The molecule has 0 aliphatic heterocycles. The van der Waals surface area contributed by atoms with E-state index in [9.17, 15) is 4.39 Å². The van der Waals surface area contributed by atoms with Gasteiger partial charge in [0.1, 0.15) is 5.82 Å². The van der Waals surface area contributed by atoms with E-state index in [0.717, 1.165) is 5.69 Å². The van der Waals surface area contributed by atoms with Gasteiger partial charge in [0.05, 0.1) is 5.02 Å². The van der Waals surface area contributed by atoms with Gasteiger partial charge in [-0.3, -0.25) is 0 Å². The molecule has 21 heavy (non-hydrogen) atoms. The predicted octanol–water partition coefficient (Wildman–Crippen LogP) is 5.41. The number of benzene rings is 2. The van der Waals surface area contributed by atoms with E-state index in [-0.39, 0.29) is 5.02 Å². The summed E-state index contributed by atoms with van der Waals surface area (Å²) in [5.74, 6) is 0.0378. The number of nitrogens with one attached hydrogen (secondary N) is 2. The van der Waals surface area contributed by atoms with E-state index in [1.54, 1.807) is 6.07 Å². The van der Waals surface area contributed by atoms with Crippen LogP contribution in [0, 0.1) is 5.82 Å². The molecule has 0 fully saturated rings. The minimum atomic E-state index is -0.453. The minimum Gasteiger partial charge on any atom is -0.332 e. The van der Waals surface area contributed by atoms with Crippen LogP contribution in [0.5, 0.6) is 0 Å². The Morgan fingerprint density at radius 1 is 1.05 bits per heavy atom. The highest BCUT2D eigenvalue weighted by Gasteiger charge is 2.04. The van der Waals surface area contributed by atoms with Gasteiger partial charge in [0, 0.05) is 11.4 Å². The van der Waals surface area contributed by atoms with Crippen molar-refractivity contribution >= 4 is 40.3 Å². The molecule has 110 valence electrons. The third-order valence-corrected chi connectivity index (χ3v) is 3.51. The Bertz CT molecular complexity index is 641. The SMILES string of the molecule is CC(C)c1ccc(NC(=S)Nc2ccc(F)c(Cl)c2)cc1. The molecule has 0 amide bonds. The normalized spacial score (nSPS) is 10.5. The Kier molecular flexibility index (Phi) is 5.15. The third kappa shape index (κ3) is 4.41. The number of hydrogen-bond donors (Lipinski definition) is 2. The Morgan fingerprint density at radius 2 is 1.62 bits per heavy atom. The highest BCUT2D eigenvalue weighted by molar-refractivity contribution is 7.80. The van der Waals surface area contributed by atoms with E-state index in [1.807, 2.05) is 12.1 Å². The van der Waals surface area contributed by atoms with Crippen LogP contribution in [-0.2, 0) is 0 Å². The van der Waals surface area contributed by atoms with Crippen LogP contribution in [0.15, 0.2) is 42.5 Å². The van der Waals surface area contributed by atoms with Crippen LogP contribution in [0.2, 0.25) is 5.02 Å². The van der Waals surface area contributed by atoms with Crippen molar-refractivity contribution < 1.29 is 4.39 Å². The van der Waals surface area contributed by atoms with E-state index >= 15 is 0 Å². The fraction of sp³-hybridized carbons (Fsp3) is 0.188. The summed E-state index contributed by atoms with van der Waals surface area (Å²) in [5, 5.41) is 6.52. The van der Waals surface area contributed by atoms with Crippen LogP contribution in [0.25, 0.3) is 0 Å². The van der Waals surface area contributed by atoms with Gasteiger partial charge in [-0.05, 0) is 54.0 Å². The fourth-order valence-electron chi connectivity index (χ4n) is 1.82. The first-order valence-corrected chi connectivity index (χ1v) is 7.37. The van der Waals surface area contributed by atoms with Gasteiger partial charge >= 0.3 is 0 Å². The molecule has 0 unspecified atom stereocenters. The van der Waals surface area contributed by atoms with Gasteiger partial charge in [-0.2, -0.15) is 0 Å². The largest absolute Gasteiger partial charge is 0.332 e. The molecule has 0 radical (unpaired) electrons. The van der Waals surface area contributed by atoms with Crippen molar-refractivity contribution in [2.24, 2.45) is 0 Å². The Labute approximate surface area is 134 Å². The van der Waals surface area contributed by atoms with Gasteiger partial charge < -0.3 is 10.6 Å². The number of hydrogen-bond acceptors (Lipinski definition) is 1. The summed E-state index contributed by atoms with van der Waals surface area (Å²) in [6.07, 6.45) is 0. The second-order valence-electron chi connectivity index (χ2n) is 4.98. The summed E-state index contributed by atoms with van der Waals surface area (Å²) in [6, 6.07) is 12.4. The van der Waals surface area contributed by atoms with E-state index < -0.39 is 5.82 Å². The zero-order valence-electron chi connectivity index (χ0n) is 11.8. The van der Waals surface area contributed by atoms with Crippen LogP contribution in [-0.4, -0.2) is 5.11 Å². The maximum atomic E-state index is 13.1. The molecule has 0 saturated carbocycles. The molecule has 2 aromatic carbocycles. The zero-order chi connectivity index (χ0) is 15.4. The highest BCUT2D eigenvalue weighted by Crippen LogP contribution is 2.20. The van der Waals surface area contributed by atoms with E-state index in [4.69, 9.17) is 23.8 Å². The van der Waals surface area contributed by atoms with Crippen molar-refractivity contribution in [2.75, 3.05) is 10.6 Å². The van der Waals surface area contributed by atoms with Gasteiger partial charge in [-0.25, -0.2) is 4.39 Å². The lowest BCUT2D eigenvalue weighted by molar-refractivity contribution is 0.628. The average Bonchev–Trinajstić information content (AvgIpc) is 2.43. The van der Waals surface area contributed by atoms with Crippen molar-refractivity contribution in [3.63, 3.8) is 0 Å². The van der Waals surface area contributed by atoms with Crippen LogP contribution >= 0.6 is 23.8 Å². The van der Waals surface area contributed by atoms with Crippen molar-refractivity contribution in [2.45, 2.75) is 19.8 Å². The molecule has 0 heterocycles. The molecule has 2 rings (SSSR count). The minimum absolute atomic E-state index is 0.0593. The van der Waals surface area contributed by atoms with Crippen molar-refractivity contribution in [3.8, 4) is 0 Å². The first-order chi connectivity index (χ1) is 9.95. The molecule has 0 bridgehead atoms. The molecule has 2 nitrogen and oxygen atoms in total. The van der Waals surface area contributed by atoms with Crippen LogP contribution in [0.3, 0.4) is 0 Å². The number of rotatable bonds is 3. The maximum Gasteiger partial charge on any atom is 0.175 e. The van der Waals surface area contributed by atoms with Crippen molar-refractivity contribution in [3.05, 3.63) is 58.9 Å². The maximum absolute atomic E-state index is 13.1. The topological polar surface area (TPSA) is 24.1 Å². The molecule has 0 atom stereocenters. The summed E-state index contributed by atoms with van der Waals surface area (Å²) in [6.45, 7) is 4.29. The molecule has 0 aliphatic carbocycles. The Balaban J connectivity index is 1.99. The second kappa shape index (κ2) is 6.87. The van der Waals surface area contributed by atoms with E-state index in [1.165, 1.54) is 17.7 Å². The standard InChI is InChI=1S/C16H16ClFN2S/c1-10(2)11-3-5-12(6-4-11)19-16(21)20-13-7-8-15(18)14(17)9-13/h3-10H,1-2H3,(H2,19,20,21). The lowest BCUT2D eigenvalue weighted by Gasteiger charge is -2.12. The Morgan fingerprint density at radius 3 is 2.19 bits per heavy atom. The molecular weight excluding hydrogens is 307 g/mol. The quantitative estimate of drug-likeness (QED) is 0.739. The number of thiocarbonyl (C=S) groups is 1. The molecule has 2 N–H and O–H groups in total. The summed E-state index contributed by atoms with van der Waals surface area (Å²) < 4.78 is 13.1. The summed E-state index contributed by atoms with van der Waals surface area (Å²) >= 11 is 10.9. The van der Waals surface area contributed by atoms with Gasteiger partial charge in [0.2, 0.25) is 0 Å². The van der Waals surface area contributed by atoms with Crippen molar-refractivity contribution in [1.29, 1.82) is 0 Å². The number of halogens is 2. The molecule has 0 aromatic heterocycles. The first kappa shape index (κ1) is 15.7. The first-order valence-electron chi connectivity index (χ1n) is 6.58. The predicted molar refractivity (Wildman–Crippen MR) is 91.8 cm³/mol. The highest BCUT2D eigenvalue weighted by atomic mass is 35.5. The second-order valence-corrected chi connectivity index (χ2v) is 5.80. The van der Waals surface area contributed by atoms with Gasteiger partial charge in [-0.1, -0.05) is 37.6 Å². The smallest absolute Gasteiger partial charge is 0.175 e. The van der Waals surface area contributed by atoms with Crippen molar-refractivity contribution in [1.82, 2.24) is 0 Å². The van der Waals surface area contributed by atoms with Crippen LogP contribution in [0.1, 0.15) is 25.3 Å². The molecule has 0 spiro atoms. The van der Waals surface area contributed by atoms with Gasteiger partial charge in [-0.15, -0.1) is 0 Å². The van der Waals surface area contributed by atoms with Gasteiger partial charge in [0.25, 0.3) is 0 Å². The molecular formula is C16H16ClFN2S. The third-order valence-electron chi connectivity index (χ3n) is 3.01. The fourth-order valence-corrected chi connectivity index (χ4v) is 2.23. The summed E-state index contributed by atoms with van der Waals surface area (Å²) in [4.78, 5) is 0. The summed E-state index contributed by atoms with van der Waals surface area (Å²) in [7, 11) is 0. The van der Waals surface area contributed by atoms with E-state index in [2.05, 4.69) is 36.6 Å². The number of anilines is 2.